The van der Waals surface area contributed by atoms with E-state index in [0.717, 1.165) is 4.47 Å². The van der Waals surface area contributed by atoms with Crippen molar-refractivity contribution in [3.05, 3.63) is 34.3 Å². The molecule has 1 fully saturated rings. The van der Waals surface area contributed by atoms with E-state index in [1.807, 2.05) is 0 Å². The number of halogens is 1. The van der Waals surface area contributed by atoms with Crippen LogP contribution in [-0.2, 0) is 9.53 Å². The maximum Gasteiger partial charge on any atom is 0.410 e. The van der Waals surface area contributed by atoms with Crippen LogP contribution in [0.15, 0.2) is 28.7 Å². The van der Waals surface area contributed by atoms with Gasteiger partial charge in [-0.15, -0.1) is 0 Å². The van der Waals surface area contributed by atoms with Crippen molar-refractivity contribution in [2.75, 3.05) is 13.1 Å². The van der Waals surface area contributed by atoms with Crippen molar-refractivity contribution < 1.29 is 19.1 Å². The molecule has 0 N–H and O–H groups in total. The quantitative estimate of drug-likeness (QED) is 0.729. The minimum Gasteiger partial charge on any atom is -0.444 e. The molecule has 1 unspecified atom stereocenters. The Kier molecular flexibility index (Phi) is 5.80. The van der Waals surface area contributed by atoms with E-state index in [1.165, 1.54) is 4.90 Å². The third-order valence-electron chi connectivity index (χ3n) is 3.77. The minimum absolute atomic E-state index is 0.0280. The lowest BCUT2D eigenvalue weighted by molar-refractivity contribution is -0.125. The molecule has 0 radical (unpaired) electrons. The van der Waals surface area contributed by atoms with E-state index in [-0.39, 0.29) is 31.0 Å². The highest BCUT2D eigenvalue weighted by Crippen LogP contribution is 2.21. The molecule has 24 heavy (non-hydrogen) atoms. The lowest BCUT2D eigenvalue weighted by Crippen LogP contribution is -2.46. The molecule has 1 aliphatic rings. The number of ether oxygens (including phenoxy) is 1. The molecule has 130 valence electrons. The van der Waals surface area contributed by atoms with Gasteiger partial charge < -0.3 is 9.64 Å². The standard InChI is InChI=1S/C18H22BrNO4/c1-18(2,3)24-17(23)20-9-8-15(21)13(11-20)10-16(22)12-4-6-14(19)7-5-12/h4-7,13H,8-11H2,1-3H3. The van der Waals surface area contributed by atoms with E-state index < -0.39 is 17.6 Å². The first kappa shape index (κ1) is 18.6. The number of carbonyl (C=O) groups excluding carboxylic acids is 3. The molecule has 1 heterocycles. The number of amides is 1. The number of benzene rings is 1. The molecule has 5 nitrogen and oxygen atoms in total. The molecule has 0 saturated carbocycles. The van der Waals surface area contributed by atoms with Gasteiger partial charge in [0.25, 0.3) is 0 Å². The summed E-state index contributed by atoms with van der Waals surface area (Å²) in [5.41, 5.74) is -0.0123. The summed E-state index contributed by atoms with van der Waals surface area (Å²) in [4.78, 5) is 38.2. The van der Waals surface area contributed by atoms with E-state index in [0.29, 0.717) is 12.1 Å². The Morgan fingerprint density at radius 1 is 1.25 bits per heavy atom. The first-order valence-electron chi connectivity index (χ1n) is 7.95. The van der Waals surface area contributed by atoms with Crippen molar-refractivity contribution in [2.45, 2.75) is 39.2 Å². The number of ketones is 2. The summed E-state index contributed by atoms with van der Waals surface area (Å²) >= 11 is 3.33. The fourth-order valence-corrected chi connectivity index (χ4v) is 2.82. The van der Waals surface area contributed by atoms with E-state index in [9.17, 15) is 14.4 Å². The van der Waals surface area contributed by atoms with Crippen molar-refractivity contribution in [1.29, 1.82) is 0 Å². The van der Waals surface area contributed by atoms with Gasteiger partial charge in [0.1, 0.15) is 11.4 Å². The molecular weight excluding hydrogens is 374 g/mol. The van der Waals surface area contributed by atoms with Crippen molar-refractivity contribution in [2.24, 2.45) is 5.92 Å². The molecule has 0 spiro atoms. The predicted molar refractivity (Wildman–Crippen MR) is 94.0 cm³/mol. The number of hydrogen-bond donors (Lipinski definition) is 0. The number of rotatable bonds is 3. The van der Waals surface area contributed by atoms with Crippen LogP contribution in [0.5, 0.6) is 0 Å². The molecule has 1 aromatic rings. The monoisotopic (exact) mass is 395 g/mol. The highest BCUT2D eigenvalue weighted by Gasteiger charge is 2.33. The van der Waals surface area contributed by atoms with Crippen molar-refractivity contribution in [1.82, 2.24) is 4.90 Å². The smallest absolute Gasteiger partial charge is 0.410 e. The maximum absolute atomic E-state index is 12.4. The van der Waals surface area contributed by atoms with E-state index in [4.69, 9.17) is 4.74 Å². The number of nitrogens with zero attached hydrogens (tertiary/aromatic N) is 1. The molecule has 1 amide bonds. The Labute approximate surface area is 150 Å². The van der Waals surface area contributed by atoms with Gasteiger partial charge in [-0.05, 0) is 32.9 Å². The van der Waals surface area contributed by atoms with Crippen LogP contribution >= 0.6 is 15.9 Å². The van der Waals surface area contributed by atoms with Gasteiger partial charge in [-0.2, -0.15) is 0 Å². The second kappa shape index (κ2) is 7.47. The van der Waals surface area contributed by atoms with Gasteiger partial charge in [0.15, 0.2) is 5.78 Å². The second-order valence-corrected chi connectivity index (χ2v) is 7.89. The largest absolute Gasteiger partial charge is 0.444 e. The average molecular weight is 396 g/mol. The van der Waals surface area contributed by atoms with Crippen LogP contribution in [0.4, 0.5) is 4.79 Å². The first-order valence-corrected chi connectivity index (χ1v) is 8.74. The van der Waals surface area contributed by atoms with E-state index in [1.54, 1.807) is 45.0 Å². The predicted octanol–water partition coefficient (Wildman–Crippen LogP) is 3.85. The zero-order valence-electron chi connectivity index (χ0n) is 14.2. The number of hydrogen-bond acceptors (Lipinski definition) is 4. The van der Waals surface area contributed by atoms with Crippen LogP contribution < -0.4 is 0 Å². The number of piperidine rings is 1. The number of Topliss-reactive ketones (excluding diaryl/α,β-unsaturated/α-hetero) is 2. The van der Waals surface area contributed by atoms with Crippen LogP contribution in [0.1, 0.15) is 44.0 Å². The van der Waals surface area contributed by atoms with Crippen LogP contribution in [-0.4, -0.2) is 41.3 Å². The Morgan fingerprint density at radius 3 is 2.46 bits per heavy atom. The molecule has 1 saturated heterocycles. The first-order chi connectivity index (χ1) is 11.2. The molecule has 2 rings (SSSR count). The van der Waals surface area contributed by atoms with Gasteiger partial charge in [0.2, 0.25) is 0 Å². The maximum atomic E-state index is 12.4. The fourth-order valence-electron chi connectivity index (χ4n) is 2.56. The molecule has 6 heteroatoms. The fraction of sp³-hybridized carbons (Fsp3) is 0.500. The molecular formula is C18H22BrNO4. The molecule has 0 bridgehead atoms. The van der Waals surface area contributed by atoms with Gasteiger partial charge in [0, 0.05) is 41.9 Å². The Hall–Kier alpha value is -1.69. The zero-order valence-corrected chi connectivity index (χ0v) is 15.8. The number of carbonyl (C=O) groups is 3. The van der Waals surface area contributed by atoms with Crippen LogP contribution in [0.2, 0.25) is 0 Å². The Morgan fingerprint density at radius 2 is 1.88 bits per heavy atom. The van der Waals surface area contributed by atoms with Gasteiger partial charge in [-0.1, -0.05) is 28.1 Å². The van der Waals surface area contributed by atoms with Crippen molar-refractivity contribution >= 4 is 33.6 Å². The molecule has 1 atom stereocenters. The van der Waals surface area contributed by atoms with Crippen LogP contribution in [0.25, 0.3) is 0 Å². The summed E-state index contributed by atoms with van der Waals surface area (Å²) in [6.07, 6.45) is -0.0619. The van der Waals surface area contributed by atoms with Gasteiger partial charge >= 0.3 is 6.09 Å². The van der Waals surface area contributed by atoms with E-state index in [2.05, 4.69) is 15.9 Å². The minimum atomic E-state index is -0.582. The lowest BCUT2D eigenvalue weighted by Gasteiger charge is -2.33. The molecule has 0 aliphatic carbocycles. The normalized spacial score (nSPS) is 18.4. The summed E-state index contributed by atoms with van der Waals surface area (Å²) in [5, 5.41) is 0. The van der Waals surface area contributed by atoms with Crippen molar-refractivity contribution in [3.8, 4) is 0 Å². The van der Waals surface area contributed by atoms with E-state index >= 15 is 0 Å². The highest BCUT2D eigenvalue weighted by molar-refractivity contribution is 9.10. The third-order valence-corrected chi connectivity index (χ3v) is 4.30. The molecule has 0 aromatic heterocycles. The second-order valence-electron chi connectivity index (χ2n) is 6.97. The third kappa shape index (κ3) is 5.16. The van der Waals surface area contributed by atoms with Gasteiger partial charge in [-0.3, -0.25) is 9.59 Å². The Balaban J connectivity index is 2.00. The Bertz CT molecular complexity index is 633. The lowest BCUT2D eigenvalue weighted by atomic mass is 9.90. The summed E-state index contributed by atoms with van der Waals surface area (Å²) < 4.78 is 6.24. The number of likely N-dealkylation sites (tertiary alicyclic amines) is 1. The topological polar surface area (TPSA) is 63.7 Å². The highest BCUT2D eigenvalue weighted by atomic mass is 79.9. The summed E-state index contributed by atoms with van der Waals surface area (Å²) in [5.74, 6) is -0.533. The van der Waals surface area contributed by atoms with Crippen LogP contribution in [0, 0.1) is 5.92 Å². The summed E-state index contributed by atoms with van der Waals surface area (Å²) in [7, 11) is 0. The van der Waals surface area contributed by atoms with Crippen LogP contribution in [0.3, 0.4) is 0 Å². The molecule has 1 aliphatic heterocycles. The summed E-state index contributed by atoms with van der Waals surface area (Å²) in [6.45, 7) is 5.98. The zero-order chi connectivity index (χ0) is 17.9. The average Bonchev–Trinajstić information content (AvgIpc) is 2.48. The SMILES string of the molecule is CC(C)(C)OC(=O)N1CCC(=O)C(CC(=O)c2ccc(Br)cc2)C1. The summed E-state index contributed by atoms with van der Waals surface area (Å²) in [6, 6.07) is 7.04. The van der Waals surface area contributed by atoms with Gasteiger partial charge in [0.05, 0.1) is 0 Å². The molecule has 1 aromatic carbocycles. The van der Waals surface area contributed by atoms with Gasteiger partial charge in [-0.25, -0.2) is 4.79 Å². The van der Waals surface area contributed by atoms with Crippen molar-refractivity contribution in [3.63, 3.8) is 0 Å².